The van der Waals surface area contributed by atoms with Crippen LogP contribution >= 0.6 is 0 Å². The summed E-state index contributed by atoms with van der Waals surface area (Å²) in [4.78, 5) is 2.37. The van der Waals surface area contributed by atoms with Gasteiger partial charge >= 0.3 is 0 Å². The average molecular weight is 158 g/mol. The largest absolute Gasteiger partial charge is 0.374 e. The summed E-state index contributed by atoms with van der Waals surface area (Å²) in [7, 11) is 0. The lowest BCUT2D eigenvalue weighted by atomic mass is 10.1. The number of ether oxygens (including phenoxy) is 1. The van der Waals surface area contributed by atoms with Gasteiger partial charge in [0.1, 0.15) is 0 Å². The molecule has 3 nitrogen and oxygen atoms in total. The maximum absolute atomic E-state index is 5.73. The molecule has 1 fully saturated rings. The molecule has 1 aliphatic rings. The SMILES string of the molecule is CCN1CCOC([C@H](C)N)C1. The van der Waals surface area contributed by atoms with Gasteiger partial charge in [0.25, 0.3) is 0 Å². The Morgan fingerprint density at radius 2 is 2.45 bits per heavy atom. The van der Waals surface area contributed by atoms with Gasteiger partial charge in [-0.25, -0.2) is 0 Å². The van der Waals surface area contributed by atoms with E-state index < -0.39 is 0 Å². The normalized spacial score (nSPS) is 30.3. The van der Waals surface area contributed by atoms with Crippen LogP contribution in [0.3, 0.4) is 0 Å². The summed E-state index contributed by atoms with van der Waals surface area (Å²) >= 11 is 0. The molecule has 2 atom stereocenters. The smallest absolute Gasteiger partial charge is 0.0850 e. The molecule has 0 bridgehead atoms. The molecule has 11 heavy (non-hydrogen) atoms. The zero-order chi connectivity index (χ0) is 8.27. The molecule has 1 aliphatic heterocycles. The highest BCUT2D eigenvalue weighted by molar-refractivity contribution is 4.76. The lowest BCUT2D eigenvalue weighted by molar-refractivity contribution is -0.0359. The Kier molecular flexibility index (Phi) is 3.30. The predicted octanol–water partition coefficient (Wildman–Crippen LogP) is 0.0543. The fourth-order valence-electron chi connectivity index (χ4n) is 1.34. The van der Waals surface area contributed by atoms with Crippen LogP contribution in [0.15, 0.2) is 0 Å². The maximum atomic E-state index is 5.73. The highest BCUT2D eigenvalue weighted by Gasteiger charge is 2.21. The van der Waals surface area contributed by atoms with E-state index in [4.69, 9.17) is 10.5 Å². The molecule has 1 saturated heterocycles. The van der Waals surface area contributed by atoms with Crippen LogP contribution < -0.4 is 5.73 Å². The minimum Gasteiger partial charge on any atom is -0.374 e. The lowest BCUT2D eigenvalue weighted by Gasteiger charge is -2.33. The van der Waals surface area contributed by atoms with Gasteiger partial charge in [-0.2, -0.15) is 0 Å². The molecule has 0 spiro atoms. The molecule has 1 unspecified atom stereocenters. The first-order valence-electron chi connectivity index (χ1n) is 4.33. The molecule has 0 aromatic rings. The molecular weight excluding hydrogens is 140 g/mol. The summed E-state index contributed by atoms with van der Waals surface area (Å²) in [5.41, 5.74) is 5.73. The van der Waals surface area contributed by atoms with E-state index >= 15 is 0 Å². The van der Waals surface area contributed by atoms with Crippen LogP contribution in [0.1, 0.15) is 13.8 Å². The quantitative estimate of drug-likeness (QED) is 0.617. The van der Waals surface area contributed by atoms with Crippen molar-refractivity contribution in [2.75, 3.05) is 26.2 Å². The fraction of sp³-hybridized carbons (Fsp3) is 1.00. The third-order valence-corrected chi connectivity index (χ3v) is 2.21. The summed E-state index contributed by atoms with van der Waals surface area (Å²) in [6.07, 6.45) is 0.240. The molecule has 1 rings (SSSR count). The minimum absolute atomic E-state index is 0.157. The van der Waals surface area contributed by atoms with Crippen LogP contribution in [0.5, 0.6) is 0 Å². The first-order chi connectivity index (χ1) is 5.24. The fourth-order valence-corrected chi connectivity index (χ4v) is 1.34. The molecular formula is C8H18N2O. The van der Waals surface area contributed by atoms with Crippen LogP contribution in [-0.4, -0.2) is 43.3 Å². The molecule has 0 amide bonds. The van der Waals surface area contributed by atoms with Crippen molar-refractivity contribution in [3.63, 3.8) is 0 Å². The van der Waals surface area contributed by atoms with Gasteiger partial charge < -0.3 is 10.5 Å². The summed E-state index contributed by atoms with van der Waals surface area (Å²) in [6, 6.07) is 0.157. The van der Waals surface area contributed by atoms with Gasteiger partial charge in [-0.1, -0.05) is 6.92 Å². The Labute approximate surface area is 68.5 Å². The Bertz CT molecular complexity index is 117. The van der Waals surface area contributed by atoms with Gasteiger partial charge in [-0.3, -0.25) is 4.90 Å². The summed E-state index contributed by atoms with van der Waals surface area (Å²) < 4.78 is 5.50. The second-order valence-electron chi connectivity index (χ2n) is 3.16. The number of morpholine rings is 1. The second-order valence-corrected chi connectivity index (χ2v) is 3.16. The molecule has 66 valence electrons. The van der Waals surface area contributed by atoms with Crippen LogP contribution in [0.4, 0.5) is 0 Å². The Morgan fingerprint density at radius 1 is 1.73 bits per heavy atom. The van der Waals surface area contributed by atoms with Crippen LogP contribution in [0, 0.1) is 0 Å². The molecule has 0 aromatic heterocycles. The first-order valence-corrected chi connectivity index (χ1v) is 4.33. The van der Waals surface area contributed by atoms with E-state index in [9.17, 15) is 0 Å². The Hall–Kier alpha value is -0.120. The lowest BCUT2D eigenvalue weighted by Crippen LogP contribution is -2.49. The van der Waals surface area contributed by atoms with Crippen LogP contribution in [0.25, 0.3) is 0 Å². The van der Waals surface area contributed by atoms with E-state index in [0.29, 0.717) is 0 Å². The van der Waals surface area contributed by atoms with Crippen molar-refractivity contribution in [2.45, 2.75) is 26.0 Å². The first kappa shape index (κ1) is 8.97. The van der Waals surface area contributed by atoms with Gasteiger partial charge in [-0.05, 0) is 13.5 Å². The van der Waals surface area contributed by atoms with Crippen molar-refractivity contribution in [1.82, 2.24) is 4.90 Å². The number of nitrogens with two attached hydrogens (primary N) is 1. The standard InChI is InChI=1S/C8H18N2O/c1-3-10-4-5-11-8(6-10)7(2)9/h7-8H,3-6,9H2,1-2H3/t7-,8?/m0/s1. The van der Waals surface area contributed by atoms with E-state index in [0.717, 1.165) is 26.2 Å². The molecule has 1 heterocycles. The van der Waals surface area contributed by atoms with E-state index in [2.05, 4.69) is 11.8 Å². The van der Waals surface area contributed by atoms with Gasteiger partial charge in [0.15, 0.2) is 0 Å². The van der Waals surface area contributed by atoms with E-state index in [-0.39, 0.29) is 12.1 Å². The van der Waals surface area contributed by atoms with Crippen molar-refractivity contribution in [2.24, 2.45) is 5.73 Å². The third kappa shape index (κ3) is 2.43. The van der Waals surface area contributed by atoms with Gasteiger partial charge in [0, 0.05) is 19.1 Å². The van der Waals surface area contributed by atoms with E-state index in [1.54, 1.807) is 0 Å². The molecule has 0 radical (unpaired) electrons. The molecule has 2 N–H and O–H groups in total. The van der Waals surface area contributed by atoms with Crippen molar-refractivity contribution >= 4 is 0 Å². The average Bonchev–Trinajstić information content (AvgIpc) is 2.05. The third-order valence-electron chi connectivity index (χ3n) is 2.21. The molecule has 0 saturated carbocycles. The number of likely N-dealkylation sites (N-methyl/N-ethyl adjacent to an activating group) is 1. The number of nitrogens with zero attached hydrogens (tertiary/aromatic N) is 1. The van der Waals surface area contributed by atoms with E-state index in [1.807, 2.05) is 6.92 Å². The molecule has 0 aliphatic carbocycles. The Balaban J connectivity index is 2.33. The maximum Gasteiger partial charge on any atom is 0.0850 e. The summed E-state index contributed by atoms with van der Waals surface area (Å²) in [6.45, 7) is 8.16. The van der Waals surface area contributed by atoms with Gasteiger partial charge in [0.2, 0.25) is 0 Å². The van der Waals surface area contributed by atoms with Crippen molar-refractivity contribution < 1.29 is 4.74 Å². The molecule has 3 heteroatoms. The van der Waals surface area contributed by atoms with Crippen LogP contribution in [0.2, 0.25) is 0 Å². The number of rotatable bonds is 2. The molecule has 0 aromatic carbocycles. The topological polar surface area (TPSA) is 38.5 Å². The van der Waals surface area contributed by atoms with Crippen molar-refractivity contribution in [1.29, 1.82) is 0 Å². The van der Waals surface area contributed by atoms with Crippen molar-refractivity contribution in [3.8, 4) is 0 Å². The van der Waals surface area contributed by atoms with Crippen LogP contribution in [-0.2, 0) is 4.74 Å². The van der Waals surface area contributed by atoms with Gasteiger partial charge in [-0.15, -0.1) is 0 Å². The minimum atomic E-state index is 0.157. The predicted molar refractivity (Wildman–Crippen MR) is 45.5 cm³/mol. The van der Waals surface area contributed by atoms with E-state index in [1.165, 1.54) is 0 Å². The highest BCUT2D eigenvalue weighted by Crippen LogP contribution is 2.06. The van der Waals surface area contributed by atoms with Gasteiger partial charge in [0.05, 0.1) is 12.7 Å². The Morgan fingerprint density at radius 3 is 3.00 bits per heavy atom. The van der Waals surface area contributed by atoms with Crippen molar-refractivity contribution in [3.05, 3.63) is 0 Å². The number of hydrogen-bond acceptors (Lipinski definition) is 3. The summed E-state index contributed by atoms with van der Waals surface area (Å²) in [5.74, 6) is 0. The second kappa shape index (κ2) is 4.04. The zero-order valence-corrected chi connectivity index (χ0v) is 7.42. The highest BCUT2D eigenvalue weighted by atomic mass is 16.5. The zero-order valence-electron chi connectivity index (χ0n) is 7.42. The monoisotopic (exact) mass is 158 g/mol. The summed E-state index contributed by atoms with van der Waals surface area (Å²) in [5, 5.41) is 0. The number of hydrogen-bond donors (Lipinski definition) is 1.